The lowest BCUT2D eigenvalue weighted by molar-refractivity contribution is 0.112. The summed E-state index contributed by atoms with van der Waals surface area (Å²) in [6.45, 7) is 1.94. The topological polar surface area (TPSA) is 69.6 Å². The van der Waals surface area contributed by atoms with Gasteiger partial charge in [0, 0.05) is 25.0 Å². The van der Waals surface area contributed by atoms with Gasteiger partial charge in [-0.25, -0.2) is 8.42 Å². The highest BCUT2D eigenvalue weighted by Gasteiger charge is 2.20. The van der Waals surface area contributed by atoms with Crippen LogP contribution in [0.4, 0.5) is 5.69 Å². The maximum absolute atomic E-state index is 12.0. The quantitative estimate of drug-likeness (QED) is 0.366. The summed E-state index contributed by atoms with van der Waals surface area (Å²) in [5.41, 5.74) is 4.25. The number of nitrogens with zero attached hydrogens (tertiary/aromatic N) is 1. The Morgan fingerprint density at radius 3 is 2.16 bits per heavy atom. The van der Waals surface area contributed by atoms with Gasteiger partial charge in [-0.2, -0.15) is 0 Å². The summed E-state index contributed by atoms with van der Waals surface area (Å²) in [5, 5.41) is 12.0. The fourth-order valence-electron chi connectivity index (χ4n) is 3.75. The van der Waals surface area contributed by atoms with E-state index in [-0.39, 0.29) is 0 Å². The number of aliphatic hydroxyl groups is 1. The molecule has 0 bridgehead atoms. The van der Waals surface area contributed by atoms with Crippen LogP contribution in [0.5, 0.6) is 0 Å². The van der Waals surface area contributed by atoms with Gasteiger partial charge in [-0.05, 0) is 34.7 Å². The molecule has 1 atom stereocenters. The second kappa shape index (κ2) is 11.6. The summed E-state index contributed by atoms with van der Waals surface area (Å²) in [5.74, 6) is 0. The van der Waals surface area contributed by atoms with Crippen molar-refractivity contribution in [3.8, 4) is 0 Å². The van der Waals surface area contributed by atoms with E-state index in [9.17, 15) is 13.5 Å². The molecule has 0 saturated carbocycles. The maximum Gasteiger partial charge on any atom is 0.229 e. The Kier molecular flexibility index (Phi) is 8.87. The van der Waals surface area contributed by atoms with Gasteiger partial charge in [0.25, 0.3) is 0 Å². The van der Waals surface area contributed by atoms with Crippen molar-refractivity contribution in [1.82, 2.24) is 4.90 Å². The molecule has 32 heavy (non-hydrogen) atoms. The molecule has 0 fully saturated rings. The lowest BCUT2D eigenvalue weighted by atomic mass is 9.94. The second-order valence-electron chi connectivity index (χ2n) is 7.84. The minimum atomic E-state index is -3.46. The number of hydrogen-bond acceptors (Lipinski definition) is 4. The Hall–Kier alpha value is -2.19. The molecule has 3 rings (SSSR count). The first kappa shape index (κ1) is 24.5. The summed E-state index contributed by atoms with van der Waals surface area (Å²) in [4.78, 5) is 2.19. The summed E-state index contributed by atoms with van der Waals surface area (Å²) in [6.07, 6.45) is 0.890. The van der Waals surface area contributed by atoms with Crippen LogP contribution in [0.1, 0.15) is 28.4 Å². The fraction of sp³-hybridized carbons (Fsp3) is 0.280. The van der Waals surface area contributed by atoms with Gasteiger partial charge in [-0.3, -0.25) is 9.62 Å². The summed E-state index contributed by atoms with van der Waals surface area (Å²) in [6, 6.07) is 25.4. The molecule has 3 aromatic carbocycles. The van der Waals surface area contributed by atoms with Crippen molar-refractivity contribution in [3.63, 3.8) is 0 Å². The molecule has 7 heteroatoms. The number of halogens is 1. The van der Waals surface area contributed by atoms with Crippen LogP contribution >= 0.6 is 15.9 Å². The van der Waals surface area contributed by atoms with Crippen molar-refractivity contribution in [2.24, 2.45) is 0 Å². The zero-order valence-electron chi connectivity index (χ0n) is 18.1. The van der Waals surface area contributed by atoms with Crippen LogP contribution in [0.3, 0.4) is 0 Å². The number of rotatable bonds is 11. The van der Waals surface area contributed by atoms with Gasteiger partial charge in [-0.1, -0.05) is 88.7 Å². The summed E-state index contributed by atoms with van der Waals surface area (Å²) in [7, 11) is -3.46. The van der Waals surface area contributed by atoms with Crippen LogP contribution in [0.2, 0.25) is 0 Å². The molecule has 0 spiro atoms. The van der Waals surface area contributed by atoms with Gasteiger partial charge < -0.3 is 5.11 Å². The van der Waals surface area contributed by atoms with Crippen molar-refractivity contribution in [1.29, 1.82) is 0 Å². The Morgan fingerprint density at radius 1 is 0.938 bits per heavy atom. The minimum Gasteiger partial charge on any atom is -0.387 e. The molecule has 0 saturated heterocycles. The van der Waals surface area contributed by atoms with Gasteiger partial charge in [0.1, 0.15) is 0 Å². The number of alkyl halides is 1. The Morgan fingerprint density at radius 2 is 1.56 bits per heavy atom. The number of nitrogens with one attached hydrogen (secondary N) is 1. The molecule has 0 unspecified atom stereocenters. The predicted octanol–water partition coefficient (Wildman–Crippen LogP) is 4.58. The molecule has 3 aromatic rings. The number of aliphatic hydroxyl groups excluding tert-OH is 1. The molecule has 0 aromatic heterocycles. The fourth-order valence-corrected chi connectivity index (χ4v) is 4.84. The van der Waals surface area contributed by atoms with Crippen molar-refractivity contribution >= 4 is 31.6 Å². The normalized spacial score (nSPS) is 12.6. The molecule has 0 aliphatic rings. The van der Waals surface area contributed by atoms with Crippen LogP contribution < -0.4 is 4.72 Å². The lowest BCUT2D eigenvalue weighted by Gasteiger charge is -2.26. The summed E-state index contributed by atoms with van der Waals surface area (Å²) < 4.78 is 26.6. The third-order valence-corrected chi connectivity index (χ3v) is 6.12. The van der Waals surface area contributed by atoms with Crippen molar-refractivity contribution in [2.75, 3.05) is 29.4 Å². The van der Waals surface area contributed by atoms with E-state index < -0.39 is 16.1 Å². The van der Waals surface area contributed by atoms with E-state index in [0.29, 0.717) is 18.7 Å². The van der Waals surface area contributed by atoms with Crippen LogP contribution in [0.15, 0.2) is 78.9 Å². The molecule has 0 aliphatic carbocycles. The largest absolute Gasteiger partial charge is 0.387 e. The predicted molar refractivity (Wildman–Crippen MR) is 135 cm³/mol. The monoisotopic (exact) mass is 516 g/mol. The first-order valence-corrected chi connectivity index (χ1v) is 13.5. The van der Waals surface area contributed by atoms with Gasteiger partial charge in [0.2, 0.25) is 10.0 Å². The standard InChI is InChI=1S/C25H29BrN2O3S/c1-32(30,31)27-24-14-8-13-22(23(24)17-20-9-4-2-5-10-20)25(29)19-28(16-15-26)18-21-11-6-3-7-12-21/h2-14,25,27,29H,15-19H2,1H3/t25-/m0/s1. The van der Waals surface area contributed by atoms with Crippen LogP contribution in [0.25, 0.3) is 0 Å². The molecule has 0 radical (unpaired) electrons. The maximum atomic E-state index is 12.0. The van der Waals surface area contributed by atoms with E-state index in [0.717, 1.165) is 41.4 Å². The van der Waals surface area contributed by atoms with Crippen molar-refractivity contribution in [2.45, 2.75) is 19.1 Å². The van der Waals surface area contributed by atoms with Gasteiger partial charge in [-0.15, -0.1) is 0 Å². The average molecular weight is 517 g/mol. The van der Waals surface area contributed by atoms with E-state index in [4.69, 9.17) is 0 Å². The molecule has 170 valence electrons. The third-order valence-electron chi connectivity index (χ3n) is 5.17. The number of benzene rings is 3. The van der Waals surface area contributed by atoms with Gasteiger partial charge >= 0.3 is 0 Å². The van der Waals surface area contributed by atoms with Crippen molar-refractivity contribution < 1.29 is 13.5 Å². The van der Waals surface area contributed by atoms with Crippen LogP contribution in [-0.2, 0) is 23.0 Å². The third kappa shape index (κ3) is 7.45. The molecule has 0 amide bonds. The van der Waals surface area contributed by atoms with Crippen LogP contribution in [0, 0.1) is 0 Å². The highest BCUT2D eigenvalue weighted by atomic mass is 79.9. The highest BCUT2D eigenvalue weighted by molar-refractivity contribution is 9.09. The smallest absolute Gasteiger partial charge is 0.229 e. The lowest BCUT2D eigenvalue weighted by Crippen LogP contribution is -2.30. The number of anilines is 1. The number of hydrogen-bond donors (Lipinski definition) is 2. The van der Waals surface area contributed by atoms with Gasteiger partial charge in [0.15, 0.2) is 0 Å². The Balaban J connectivity index is 1.90. The first-order valence-electron chi connectivity index (χ1n) is 10.5. The van der Waals surface area contributed by atoms with E-state index >= 15 is 0 Å². The highest BCUT2D eigenvalue weighted by Crippen LogP contribution is 2.29. The molecule has 5 nitrogen and oxygen atoms in total. The second-order valence-corrected chi connectivity index (χ2v) is 10.4. The Labute approximate surface area is 199 Å². The van der Waals surface area contributed by atoms with E-state index in [1.807, 2.05) is 54.6 Å². The average Bonchev–Trinajstić information content (AvgIpc) is 2.75. The molecule has 0 heterocycles. The Bertz CT molecular complexity index is 1090. The van der Waals surface area contributed by atoms with E-state index in [1.165, 1.54) is 5.56 Å². The number of sulfonamides is 1. The molecule has 0 aliphatic heterocycles. The zero-order valence-corrected chi connectivity index (χ0v) is 20.5. The molecular formula is C25H29BrN2O3S. The SMILES string of the molecule is CS(=O)(=O)Nc1cccc([C@@H](O)CN(CCBr)Cc2ccccc2)c1Cc1ccccc1. The zero-order chi connectivity index (χ0) is 23.0. The minimum absolute atomic E-state index is 0.435. The van der Waals surface area contributed by atoms with Gasteiger partial charge in [0.05, 0.1) is 18.0 Å². The van der Waals surface area contributed by atoms with E-state index in [1.54, 1.807) is 12.1 Å². The summed E-state index contributed by atoms with van der Waals surface area (Å²) >= 11 is 3.51. The van der Waals surface area contributed by atoms with Crippen molar-refractivity contribution in [3.05, 3.63) is 101 Å². The first-order chi connectivity index (χ1) is 15.4. The van der Waals surface area contributed by atoms with E-state index in [2.05, 4.69) is 37.7 Å². The van der Waals surface area contributed by atoms with Crippen LogP contribution in [-0.4, -0.2) is 43.1 Å². The molecule has 2 N–H and O–H groups in total. The molecular weight excluding hydrogens is 488 g/mol.